The number of aromatic nitrogens is 3. The number of carbonyl (C=O) groups is 2. The summed E-state index contributed by atoms with van der Waals surface area (Å²) in [6.07, 6.45) is 2.05. The van der Waals surface area contributed by atoms with Crippen molar-refractivity contribution < 1.29 is 14.7 Å². The van der Waals surface area contributed by atoms with Gasteiger partial charge in [-0.1, -0.05) is 12.1 Å². The van der Waals surface area contributed by atoms with Gasteiger partial charge in [-0.25, -0.2) is 19.7 Å². The van der Waals surface area contributed by atoms with Crippen molar-refractivity contribution in [2.75, 3.05) is 5.32 Å². The van der Waals surface area contributed by atoms with Crippen LogP contribution >= 0.6 is 11.3 Å². The van der Waals surface area contributed by atoms with Crippen LogP contribution in [0.15, 0.2) is 42.6 Å². The highest BCUT2D eigenvalue weighted by molar-refractivity contribution is 7.21. The number of benzene rings is 2. The van der Waals surface area contributed by atoms with Crippen molar-refractivity contribution in [1.82, 2.24) is 15.0 Å². The van der Waals surface area contributed by atoms with Crippen molar-refractivity contribution in [1.29, 1.82) is 0 Å². The molecule has 4 aromatic rings. The van der Waals surface area contributed by atoms with E-state index in [2.05, 4.69) is 20.3 Å². The van der Waals surface area contributed by atoms with Crippen LogP contribution < -0.4 is 5.32 Å². The number of Topliss-reactive ketones (excluding diaryl/α,β-unsaturated/α-hetero) is 1. The Bertz CT molecular complexity index is 1200. The van der Waals surface area contributed by atoms with Gasteiger partial charge in [0.15, 0.2) is 0 Å². The SMILES string of the molecule is CC(=O)Cc1cccc(Nc2ncc3ccc4nc(C(=O)O)sc4c3n2)c1. The lowest BCUT2D eigenvalue weighted by Gasteiger charge is -2.07. The molecule has 0 unspecified atom stereocenters. The molecule has 0 atom stereocenters. The van der Waals surface area contributed by atoms with E-state index < -0.39 is 5.97 Å². The fraction of sp³-hybridized carbons (Fsp3) is 0.105. The van der Waals surface area contributed by atoms with E-state index >= 15 is 0 Å². The third-order valence-electron chi connectivity index (χ3n) is 3.93. The smallest absolute Gasteiger partial charge is 0.365 e. The number of aromatic carboxylic acids is 1. The predicted molar refractivity (Wildman–Crippen MR) is 104 cm³/mol. The van der Waals surface area contributed by atoms with E-state index in [0.717, 1.165) is 28.0 Å². The second-order valence-electron chi connectivity index (χ2n) is 6.07. The number of ketones is 1. The molecular weight excluding hydrogens is 364 g/mol. The van der Waals surface area contributed by atoms with Crippen molar-refractivity contribution in [2.24, 2.45) is 0 Å². The number of anilines is 2. The number of carbonyl (C=O) groups excluding carboxylic acids is 1. The molecule has 2 aromatic carbocycles. The molecule has 0 saturated carbocycles. The van der Waals surface area contributed by atoms with Gasteiger partial charge in [0.2, 0.25) is 11.0 Å². The first-order chi connectivity index (χ1) is 13.0. The highest BCUT2D eigenvalue weighted by atomic mass is 32.1. The van der Waals surface area contributed by atoms with Crippen molar-refractivity contribution in [2.45, 2.75) is 13.3 Å². The highest BCUT2D eigenvalue weighted by Gasteiger charge is 2.14. The Kier molecular flexibility index (Phi) is 4.25. The van der Waals surface area contributed by atoms with Gasteiger partial charge in [0.1, 0.15) is 5.78 Å². The lowest BCUT2D eigenvalue weighted by atomic mass is 10.1. The summed E-state index contributed by atoms with van der Waals surface area (Å²) in [4.78, 5) is 35.5. The van der Waals surface area contributed by atoms with E-state index in [0.29, 0.717) is 28.1 Å². The molecule has 0 fully saturated rings. The van der Waals surface area contributed by atoms with Gasteiger partial charge in [0, 0.05) is 23.7 Å². The topological polar surface area (TPSA) is 105 Å². The van der Waals surface area contributed by atoms with Crippen LogP contribution in [-0.4, -0.2) is 31.8 Å². The van der Waals surface area contributed by atoms with E-state index in [9.17, 15) is 14.7 Å². The maximum atomic E-state index is 11.3. The Morgan fingerprint density at radius 2 is 2.04 bits per heavy atom. The van der Waals surface area contributed by atoms with Gasteiger partial charge in [-0.05, 0) is 36.8 Å². The molecule has 0 saturated heterocycles. The van der Waals surface area contributed by atoms with Crippen molar-refractivity contribution >= 4 is 55.8 Å². The number of thiazole rings is 1. The van der Waals surface area contributed by atoms with E-state index in [-0.39, 0.29) is 10.8 Å². The summed E-state index contributed by atoms with van der Waals surface area (Å²) in [6, 6.07) is 11.1. The molecule has 0 aliphatic rings. The largest absolute Gasteiger partial charge is 0.476 e. The van der Waals surface area contributed by atoms with Gasteiger partial charge in [-0.3, -0.25) is 4.79 Å². The molecule has 8 heteroatoms. The lowest BCUT2D eigenvalue weighted by Crippen LogP contribution is -2.00. The standard InChI is InChI=1S/C19H14N4O3S/c1-10(24)7-11-3-2-4-13(8-11)21-19-20-9-12-5-6-14-16(15(12)23-19)27-17(22-14)18(25)26/h2-6,8-9H,7H2,1H3,(H,25,26)(H,20,21,23). The zero-order valence-corrected chi connectivity index (χ0v) is 15.1. The number of nitrogens with zero attached hydrogens (tertiary/aromatic N) is 3. The fourth-order valence-corrected chi connectivity index (χ4v) is 3.71. The van der Waals surface area contributed by atoms with Crippen LogP contribution in [0.1, 0.15) is 22.3 Å². The Balaban J connectivity index is 1.73. The second kappa shape index (κ2) is 6.73. The zero-order valence-electron chi connectivity index (χ0n) is 14.3. The molecule has 0 bridgehead atoms. The van der Waals surface area contributed by atoms with Crippen molar-refractivity contribution in [3.63, 3.8) is 0 Å². The maximum absolute atomic E-state index is 11.3. The molecule has 0 radical (unpaired) electrons. The molecule has 2 heterocycles. The van der Waals surface area contributed by atoms with Crippen LogP contribution in [0.5, 0.6) is 0 Å². The molecular formula is C19H14N4O3S. The second-order valence-corrected chi connectivity index (χ2v) is 7.07. The summed E-state index contributed by atoms with van der Waals surface area (Å²) in [6.45, 7) is 1.55. The van der Waals surface area contributed by atoms with Gasteiger partial charge < -0.3 is 10.4 Å². The van der Waals surface area contributed by atoms with Gasteiger partial charge in [-0.15, -0.1) is 11.3 Å². The van der Waals surface area contributed by atoms with Crippen molar-refractivity contribution in [3.05, 3.63) is 53.2 Å². The average molecular weight is 378 g/mol. The quantitative estimate of drug-likeness (QED) is 0.544. The number of rotatable bonds is 5. The normalized spacial score (nSPS) is 11.0. The molecule has 2 N–H and O–H groups in total. The number of fused-ring (bicyclic) bond motifs is 3. The first-order valence-electron chi connectivity index (χ1n) is 8.14. The molecule has 0 aliphatic carbocycles. The molecule has 4 rings (SSSR count). The van der Waals surface area contributed by atoms with E-state index in [1.807, 2.05) is 30.3 Å². The fourth-order valence-electron chi connectivity index (χ4n) is 2.81. The number of carboxylic acid groups (broad SMARTS) is 1. The minimum absolute atomic E-state index is 0.0301. The third-order valence-corrected chi connectivity index (χ3v) is 4.99. The van der Waals surface area contributed by atoms with Gasteiger partial charge >= 0.3 is 5.97 Å². The number of hydrogen-bond acceptors (Lipinski definition) is 7. The highest BCUT2D eigenvalue weighted by Crippen LogP contribution is 2.30. The summed E-state index contributed by atoms with van der Waals surface area (Å²) in [5.74, 6) is -0.574. The van der Waals surface area contributed by atoms with Crippen LogP contribution in [0.2, 0.25) is 0 Å². The van der Waals surface area contributed by atoms with Gasteiger partial charge in [0.25, 0.3) is 0 Å². The Labute approximate surface area is 157 Å². The number of hydrogen-bond donors (Lipinski definition) is 2. The third kappa shape index (κ3) is 3.47. The minimum Gasteiger partial charge on any atom is -0.476 e. The van der Waals surface area contributed by atoms with E-state index in [1.165, 1.54) is 0 Å². The van der Waals surface area contributed by atoms with Gasteiger partial charge in [0.05, 0.1) is 15.7 Å². The molecule has 0 aliphatic heterocycles. The molecule has 7 nitrogen and oxygen atoms in total. The van der Waals surface area contributed by atoms with Crippen LogP contribution in [0.3, 0.4) is 0 Å². The summed E-state index contributed by atoms with van der Waals surface area (Å²) >= 11 is 1.09. The number of nitrogens with one attached hydrogen (secondary N) is 1. The average Bonchev–Trinajstić information content (AvgIpc) is 3.06. The zero-order chi connectivity index (χ0) is 19.0. The first kappa shape index (κ1) is 17.0. The predicted octanol–water partition coefficient (Wildman–Crippen LogP) is 3.81. The number of carboxylic acids is 1. The van der Waals surface area contributed by atoms with Crippen LogP contribution in [0, 0.1) is 0 Å². The Morgan fingerprint density at radius 3 is 2.81 bits per heavy atom. The Morgan fingerprint density at radius 1 is 1.19 bits per heavy atom. The lowest BCUT2D eigenvalue weighted by molar-refractivity contribution is -0.116. The van der Waals surface area contributed by atoms with Crippen LogP contribution in [0.25, 0.3) is 21.1 Å². The van der Waals surface area contributed by atoms with Crippen LogP contribution in [-0.2, 0) is 11.2 Å². The molecule has 0 amide bonds. The van der Waals surface area contributed by atoms with Gasteiger partial charge in [-0.2, -0.15) is 0 Å². The first-order valence-corrected chi connectivity index (χ1v) is 8.96. The van der Waals surface area contributed by atoms with Crippen LogP contribution in [0.4, 0.5) is 11.6 Å². The molecule has 27 heavy (non-hydrogen) atoms. The molecule has 0 spiro atoms. The summed E-state index contributed by atoms with van der Waals surface area (Å²) in [5.41, 5.74) is 2.92. The monoisotopic (exact) mass is 378 g/mol. The Hall–Kier alpha value is -3.39. The summed E-state index contributed by atoms with van der Waals surface area (Å²) in [7, 11) is 0. The summed E-state index contributed by atoms with van der Waals surface area (Å²) in [5, 5.41) is 13.1. The van der Waals surface area contributed by atoms with E-state index in [4.69, 9.17) is 0 Å². The van der Waals surface area contributed by atoms with E-state index in [1.54, 1.807) is 19.2 Å². The maximum Gasteiger partial charge on any atom is 0.365 e. The molecule has 2 aromatic heterocycles. The molecule has 134 valence electrons. The summed E-state index contributed by atoms with van der Waals surface area (Å²) < 4.78 is 0.709. The van der Waals surface area contributed by atoms with Crippen molar-refractivity contribution in [3.8, 4) is 0 Å². The minimum atomic E-state index is -1.06.